The molecule has 0 saturated heterocycles. The highest BCUT2D eigenvalue weighted by molar-refractivity contribution is 5.24. The number of alkyl halides is 2. The second-order valence-corrected chi connectivity index (χ2v) is 5.71. The Morgan fingerprint density at radius 2 is 2.11 bits per heavy atom. The summed E-state index contributed by atoms with van der Waals surface area (Å²) in [5, 5.41) is 3.55. The van der Waals surface area contributed by atoms with Crippen LogP contribution in [0.4, 0.5) is 8.78 Å². The van der Waals surface area contributed by atoms with Gasteiger partial charge < -0.3 is 5.32 Å². The van der Waals surface area contributed by atoms with E-state index in [0.717, 1.165) is 17.4 Å². The lowest BCUT2D eigenvalue weighted by atomic mass is 9.95. The van der Waals surface area contributed by atoms with Crippen LogP contribution in [0.3, 0.4) is 0 Å². The highest BCUT2D eigenvalue weighted by atomic mass is 19.3. The van der Waals surface area contributed by atoms with Crippen molar-refractivity contribution < 1.29 is 8.78 Å². The molecule has 0 heterocycles. The Hall–Kier alpha value is -0.960. The van der Waals surface area contributed by atoms with E-state index < -0.39 is 6.43 Å². The van der Waals surface area contributed by atoms with Gasteiger partial charge >= 0.3 is 0 Å². The maximum Gasteiger partial charge on any atom is 0.263 e. The van der Waals surface area contributed by atoms with Gasteiger partial charge in [-0.15, -0.1) is 0 Å². The monoisotopic (exact) mass is 251 g/mol. The van der Waals surface area contributed by atoms with E-state index in [2.05, 4.69) is 5.32 Å². The van der Waals surface area contributed by atoms with E-state index in [1.807, 2.05) is 6.07 Å². The maximum atomic E-state index is 12.6. The van der Waals surface area contributed by atoms with E-state index in [1.54, 1.807) is 12.1 Å². The molecular formula is C15H19F2N. The van der Waals surface area contributed by atoms with Crippen molar-refractivity contribution in [2.75, 3.05) is 0 Å². The highest BCUT2D eigenvalue weighted by Gasteiger charge is 2.38. The fourth-order valence-corrected chi connectivity index (χ4v) is 3.58. The average molecular weight is 251 g/mol. The van der Waals surface area contributed by atoms with E-state index in [9.17, 15) is 8.78 Å². The van der Waals surface area contributed by atoms with E-state index in [4.69, 9.17) is 0 Å². The summed E-state index contributed by atoms with van der Waals surface area (Å²) in [6.07, 6.45) is 3.02. The summed E-state index contributed by atoms with van der Waals surface area (Å²) < 4.78 is 25.2. The van der Waals surface area contributed by atoms with Gasteiger partial charge in [0.15, 0.2) is 0 Å². The van der Waals surface area contributed by atoms with Crippen LogP contribution in [0.25, 0.3) is 0 Å². The number of fused-ring (bicyclic) bond motifs is 2. The molecule has 1 aromatic carbocycles. The summed E-state index contributed by atoms with van der Waals surface area (Å²) >= 11 is 0. The third kappa shape index (κ3) is 2.41. The molecule has 2 fully saturated rings. The Balaban J connectivity index is 1.58. The molecule has 2 aliphatic carbocycles. The minimum absolute atomic E-state index is 0.127. The summed E-state index contributed by atoms with van der Waals surface area (Å²) in [6, 6.07) is 7.36. The van der Waals surface area contributed by atoms with E-state index in [-0.39, 0.29) is 5.56 Å². The summed E-state index contributed by atoms with van der Waals surface area (Å²) in [5.74, 6) is 1.74. The first-order valence-corrected chi connectivity index (χ1v) is 6.83. The van der Waals surface area contributed by atoms with Crippen molar-refractivity contribution in [1.29, 1.82) is 0 Å². The Labute approximate surface area is 107 Å². The molecule has 0 radical (unpaired) electrons. The molecule has 0 amide bonds. The number of hydrogen-bond donors (Lipinski definition) is 1. The summed E-state index contributed by atoms with van der Waals surface area (Å²) in [4.78, 5) is 0. The third-order valence-corrected chi connectivity index (χ3v) is 4.51. The largest absolute Gasteiger partial charge is 0.310 e. The molecule has 1 nitrogen and oxygen atoms in total. The maximum absolute atomic E-state index is 12.6. The number of hydrogen-bond acceptors (Lipinski definition) is 1. The van der Waals surface area contributed by atoms with Crippen molar-refractivity contribution in [3.63, 3.8) is 0 Å². The van der Waals surface area contributed by atoms with Crippen molar-refractivity contribution in [2.24, 2.45) is 11.8 Å². The molecule has 1 aromatic rings. The first-order chi connectivity index (χ1) is 8.72. The Morgan fingerprint density at radius 3 is 2.78 bits per heavy atom. The molecule has 2 saturated carbocycles. The van der Waals surface area contributed by atoms with Gasteiger partial charge in [-0.2, -0.15) is 0 Å². The number of nitrogens with one attached hydrogen (secondary N) is 1. The van der Waals surface area contributed by atoms with Crippen molar-refractivity contribution in [1.82, 2.24) is 5.32 Å². The molecule has 0 aliphatic heterocycles. The molecule has 3 rings (SSSR count). The van der Waals surface area contributed by atoms with Gasteiger partial charge in [0.2, 0.25) is 0 Å². The van der Waals surface area contributed by atoms with Crippen LogP contribution in [0.15, 0.2) is 24.3 Å². The van der Waals surface area contributed by atoms with Gasteiger partial charge in [-0.3, -0.25) is 0 Å². The molecule has 3 atom stereocenters. The number of rotatable bonds is 4. The van der Waals surface area contributed by atoms with Crippen LogP contribution in [0.1, 0.15) is 43.2 Å². The quantitative estimate of drug-likeness (QED) is 0.855. The van der Waals surface area contributed by atoms with Crippen molar-refractivity contribution in [3.8, 4) is 0 Å². The lowest BCUT2D eigenvalue weighted by molar-refractivity contribution is 0.151. The molecule has 18 heavy (non-hydrogen) atoms. The first-order valence-electron chi connectivity index (χ1n) is 6.83. The molecule has 0 aromatic heterocycles. The van der Waals surface area contributed by atoms with Gasteiger partial charge in [0.05, 0.1) is 0 Å². The molecule has 0 spiro atoms. The van der Waals surface area contributed by atoms with Crippen LogP contribution in [-0.4, -0.2) is 6.04 Å². The molecule has 98 valence electrons. The van der Waals surface area contributed by atoms with Crippen molar-refractivity contribution >= 4 is 0 Å². The molecule has 2 bridgehead atoms. The van der Waals surface area contributed by atoms with E-state index in [0.29, 0.717) is 12.6 Å². The van der Waals surface area contributed by atoms with Crippen molar-refractivity contribution in [3.05, 3.63) is 35.4 Å². The van der Waals surface area contributed by atoms with E-state index >= 15 is 0 Å². The topological polar surface area (TPSA) is 12.0 Å². The summed E-state index contributed by atoms with van der Waals surface area (Å²) in [7, 11) is 0. The predicted molar refractivity (Wildman–Crippen MR) is 67.5 cm³/mol. The van der Waals surface area contributed by atoms with Gasteiger partial charge in [-0.05, 0) is 42.7 Å². The Morgan fingerprint density at radius 1 is 1.22 bits per heavy atom. The van der Waals surface area contributed by atoms with Gasteiger partial charge in [0.25, 0.3) is 6.43 Å². The van der Waals surface area contributed by atoms with Crippen LogP contribution in [-0.2, 0) is 6.54 Å². The van der Waals surface area contributed by atoms with E-state index in [1.165, 1.54) is 31.7 Å². The third-order valence-electron chi connectivity index (χ3n) is 4.51. The zero-order valence-electron chi connectivity index (χ0n) is 10.4. The van der Waals surface area contributed by atoms with Gasteiger partial charge in [-0.1, -0.05) is 24.6 Å². The fourth-order valence-electron chi connectivity index (χ4n) is 3.58. The fraction of sp³-hybridized carbons (Fsp3) is 0.600. The number of halogens is 2. The van der Waals surface area contributed by atoms with Gasteiger partial charge in [0, 0.05) is 18.2 Å². The minimum Gasteiger partial charge on any atom is -0.310 e. The Bertz CT molecular complexity index is 419. The smallest absolute Gasteiger partial charge is 0.263 e. The normalized spacial score (nSPS) is 30.3. The SMILES string of the molecule is FC(F)c1cccc(CNC2CC3CCC2C3)c1. The summed E-state index contributed by atoms with van der Waals surface area (Å²) in [5.41, 5.74) is 1.10. The van der Waals surface area contributed by atoms with Gasteiger partial charge in [-0.25, -0.2) is 8.78 Å². The lowest BCUT2D eigenvalue weighted by Crippen LogP contribution is -2.33. The van der Waals surface area contributed by atoms with Crippen LogP contribution < -0.4 is 5.32 Å². The molecular weight excluding hydrogens is 232 g/mol. The standard InChI is InChI=1S/C15H19F2N/c16-15(17)13-3-1-2-11(7-13)9-18-14-8-10-4-5-12(14)6-10/h1-3,7,10,12,14-15,18H,4-6,8-9H2. The predicted octanol–water partition coefficient (Wildman–Crippen LogP) is 3.90. The van der Waals surface area contributed by atoms with Crippen LogP contribution in [0.2, 0.25) is 0 Å². The molecule has 3 unspecified atom stereocenters. The molecule has 2 aliphatic rings. The Kier molecular flexibility index (Phi) is 3.33. The average Bonchev–Trinajstić information content (AvgIpc) is 2.99. The van der Waals surface area contributed by atoms with Crippen molar-refractivity contribution in [2.45, 2.75) is 44.7 Å². The zero-order chi connectivity index (χ0) is 12.5. The summed E-state index contributed by atoms with van der Waals surface area (Å²) in [6.45, 7) is 0.717. The second-order valence-electron chi connectivity index (χ2n) is 5.71. The van der Waals surface area contributed by atoms with Crippen LogP contribution in [0.5, 0.6) is 0 Å². The van der Waals surface area contributed by atoms with Crippen LogP contribution in [0, 0.1) is 11.8 Å². The molecule has 1 N–H and O–H groups in total. The van der Waals surface area contributed by atoms with Crippen LogP contribution >= 0.6 is 0 Å². The zero-order valence-corrected chi connectivity index (χ0v) is 10.4. The minimum atomic E-state index is -2.37. The second kappa shape index (κ2) is 4.96. The lowest BCUT2D eigenvalue weighted by Gasteiger charge is -2.23. The highest BCUT2D eigenvalue weighted by Crippen LogP contribution is 2.44. The molecule has 3 heteroatoms. The first kappa shape index (κ1) is 12.1. The number of benzene rings is 1. The van der Waals surface area contributed by atoms with Gasteiger partial charge in [0.1, 0.15) is 0 Å².